The zero-order chi connectivity index (χ0) is 21.2. The van der Waals surface area contributed by atoms with E-state index in [2.05, 4.69) is 0 Å². The molecule has 0 unspecified atom stereocenters. The third-order valence-corrected chi connectivity index (χ3v) is 5.83. The van der Waals surface area contributed by atoms with Gasteiger partial charge in [0.2, 0.25) is 5.91 Å². The van der Waals surface area contributed by atoms with Crippen LogP contribution in [0.1, 0.15) is 52.0 Å². The van der Waals surface area contributed by atoms with Crippen LogP contribution in [-0.2, 0) is 19.7 Å². The number of carboxylic acids is 1. The number of ether oxygens (including phenoxy) is 1. The van der Waals surface area contributed by atoms with Crippen molar-refractivity contribution < 1.29 is 24.2 Å². The number of piperidine rings is 1. The Morgan fingerprint density at radius 3 is 2.24 bits per heavy atom. The largest absolute Gasteiger partial charge is 0.481 e. The van der Waals surface area contributed by atoms with Crippen LogP contribution in [0.3, 0.4) is 0 Å². The average Bonchev–Trinajstić information content (AvgIpc) is 3.17. The number of benzene rings is 1. The molecule has 158 valence electrons. The number of nitrogens with zero attached hydrogens (tertiary/aromatic N) is 2. The molecule has 0 aliphatic carbocycles. The first-order valence-corrected chi connectivity index (χ1v) is 10.2. The molecule has 2 heterocycles. The molecule has 29 heavy (non-hydrogen) atoms. The SMILES string of the molecule is CC(C)(C)OC(=O)N1CCC[C@H]1C(=O)N1CCC(C(=O)O)(c2ccccc2)CC1. The van der Waals surface area contributed by atoms with Gasteiger partial charge in [-0.3, -0.25) is 14.5 Å². The highest BCUT2D eigenvalue weighted by molar-refractivity contribution is 5.87. The number of hydrogen-bond acceptors (Lipinski definition) is 4. The van der Waals surface area contributed by atoms with Crippen LogP contribution in [0.4, 0.5) is 4.79 Å². The smallest absolute Gasteiger partial charge is 0.410 e. The van der Waals surface area contributed by atoms with Gasteiger partial charge in [-0.15, -0.1) is 0 Å². The quantitative estimate of drug-likeness (QED) is 0.840. The van der Waals surface area contributed by atoms with E-state index in [0.717, 1.165) is 12.0 Å². The molecule has 2 fully saturated rings. The summed E-state index contributed by atoms with van der Waals surface area (Å²) < 4.78 is 5.45. The lowest BCUT2D eigenvalue weighted by molar-refractivity contribution is -0.149. The van der Waals surface area contributed by atoms with Gasteiger partial charge in [0.05, 0.1) is 5.41 Å². The minimum Gasteiger partial charge on any atom is -0.481 e. The molecule has 0 saturated carbocycles. The van der Waals surface area contributed by atoms with Crippen LogP contribution in [-0.4, -0.2) is 64.2 Å². The average molecular weight is 402 g/mol. The molecule has 1 aromatic carbocycles. The highest BCUT2D eigenvalue weighted by atomic mass is 16.6. The van der Waals surface area contributed by atoms with Crippen LogP contribution in [0.2, 0.25) is 0 Å². The second kappa shape index (κ2) is 8.05. The highest BCUT2D eigenvalue weighted by Crippen LogP contribution is 2.36. The number of carbonyl (C=O) groups is 3. The molecular weight excluding hydrogens is 372 g/mol. The van der Waals surface area contributed by atoms with Crippen LogP contribution < -0.4 is 0 Å². The van der Waals surface area contributed by atoms with Gasteiger partial charge in [-0.25, -0.2) is 4.79 Å². The predicted octanol–water partition coefficient (Wildman–Crippen LogP) is 3.03. The summed E-state index contributed by atoms with van der Waals surface area (Å²) in [5, 5.41) is 9.93. The molecule has 7 nitrogen and oxygen atoms in total. The van der Waals surface area contributed by atoms with Gasteiger partial charge in [-0.2, -0.15) is 0 Å². The van der Waals surface area contributed by atoms with Gasteiger partial charge in [-0.05, 0) is 52.0 Å². The van der Waals surface area contributed by atoms with Gasteiger partial charge in [0.25, 0.3) is 0 Å². The molecule has 1 aromatic rings. The maximum atomic E-state index is 13.1. The molecule has 0 aromatic heterocycles. The van der Waals surface area contributed by atoms with Crippen molar-refractivity contribution in [2.24, 2.45) is 0 Å². The Morgan fingerprint density at radius 1 is 1.07 bits per heavy atom. The Balaban J connectivity index is 1.69. The predicted molar refractivity (Wildman–Crippen MR) is 108 cm³/mol. The van der Waals surface area contributed by atoms with E-state index in [-0.39, 0.29) is 5.91 Å². The van der Waals surface area contributed by atoms with Crippen LogP contribution >= 0.6 is 0 Å². The fraction of sp³-hybridized carbons (Fsp3) is 0.591. The topological polar surface area (TPSA) is 87.2 Å². The van der Waals surface area contributed by atoms with Gasteiger partial charge < -0.3 is 14.7 Å². The Hall–Kier alpha value is -2.57. The summed E-state index contributed by atoms with van der Waals surface area (Å²) in [6.07, 6.45) is 1.62. The number of likely N-dealkylation sites (tertiary alicyclic amines) is 2. The summed E-state index contributed by atoms with van der Waals surface area (Å²) in [5.41, 5.74) is -0.816. The maximum absolute atomic E-state index is 13.1. The van der Waals surface area contributed by atoms with E-state index in [9.17, 15) is 19.5 Å². The molecule has 0 spiro atoms. The summed E-state index contributed by atoms with van der Waals surface area (Å²) in [4.78, 5) is 41.0. The highest BCUT2D eigenvalue weighted by Gasteiger charge is 2.46. The molecule has 2 aliphatic heterocycles. The van der Waals surface area contributed by atoms with Crippen molar-refractivity contribution in [3.05, 3.63) is 35.9 Å². The van der Waals surface area contributed by atoms with Crippen LogP contribution in [0.25, 0.3) is 0 Å². The molecule has 0 bridgehead atoms. The summed E-state index contributed by atoms with van der Waals surface area (Å²) in [6.45, 7) is 6.63. The fourth-order valence-corrected chi connectivity index (χ4v) is 4.27. The number of hydrogen-bond donors (Lipinski definition) is 1. The first-order chi connectivity index (χ1) is 13.6. The molecule has 0 radical (unpaired) electrons. The lowest BCUT2D eigenvalue weighted by Crippen LogP contribution is -2.54. The first-order valence-electron chi connectivity index (χ1n) is 10.2. The Morgan fingerprint density at radius 2 is 1.69 bits per heavy atom. The van der Waals surface area contributed by atoms with Crippen molar-refractivity contribution in [3.63, 3.8) is 0 Å². The van der Waals surface area contributed by atoms with E-state index >= 15 is 0 Å². The van der Waals surface area contributed by atoms with E-state index < -0.39 is 29.1 Å². The van der Waals surface area contributed by atoms with Crippen molar-refractivity contribution in [2.45, 2.75) is 63.5 Å². The van der Waals surface area contributed by atoms with E-state index in [4.69, 9.17) is 4.74 Å². The van der Waals surface area contributed by atoms with E-state index in [1.54, 1.807) is 25.7 Å². The third kappa shape index (κ3) is 4.38. The summed E-state index contributed by atoms with van der Waals surface area (Å²) in [5.74, 6) is -0.965. The number of rotatable bonds is 3. The van der Waals surface area contributed by atoms with Crippen molar-refractivity contribution in [3.8, 4) is 0 Å². The van der Waals surface area contributed by atoms with Crippen molar-refractivity contribution in [1.82, 2.24) is 9.80 Å². The summed E-state index contributed by atoms with van der Waals surface area (Å²) >= 11 is 0. The molecular formula is C22H30N2O5. The number of carboxylic acid groups (broad SMARTS) is 1. The van der Waals surface area contributed by atoms with Crippen molar-refractivity contribution >= 4 is 18.0 Å². The number of carbonyl (C=O) groups excluding carboxylic acids is 2. The number of aliphatic carboxylic acids is 1. The Kier molecular flexibility index (Phi) is 5.87. The fourth-order valence-electron chi connectivity index (χ4n) is 4.27. The number of amides is 2. The Bertz CT molecular complexity index is 763. The van der Waals surface area contributed by atoms with E-state index in [0.29, 0.717) is 38.9 Å². The van der Waals surface area contributed by atoms with Gasteiger partial charge in [0.1, 0.15) is 11.6 Å². The van der Waals surface area contributed by atoms with Crippen molar-refractivity contribution in [2.75, 3.05) is 19.6 Å². The van der Waals surface area contributed by atoms with Gasteiger partial charge in [0.15, 0.2) is 0 Å². The van der Waals surface area contributed by atoms with Gasteiger partial charge in [0, 0.05) is 19.6 Å². The molecule has 1 N–H and O–H groups in total. The zero-order valence-corrected chi connectivity index (χ0v) is 17.4. The Labute approximate surface area is 171 Å². The summed E-state index contributed by atoms with van der Waals surface area (Å²) in [7, 11) is 0. The standard InChI is InChI=1S/C22H30N2O5/c1-21(2,3)29-20(28)24-13-7-10-17(24)18(25)23-14-11-22(12-15-23,19(26)27)16-8-5-4-6-9-16/h4-6,8-9,17H,7,10-15H2,1-3H3,(H,26,27)/t17-/m0/s1. The van der Waals surface area contributed by atoms with Gasteiger partial charge >= 0.3 is 12.1 Å². The molecule has 1 atom stereocenters. The molecule has 2 amide bonds. The molecule has 3 rings (SSSR count). The van der Waals surface area contributed by atoms with E-state index in [1.165, 1.54) is 4.90 Å². The zero-order valence-electron chi connectivity index (χ0n) is 17.4. The normalized spacial score (nSPS) is 21.7. The van der Waals surface area contributed by atoms with Gasteiger partial charge in [-0.1, -0.05) is 30.3 Å². The second-order valence-corrected chi connectivity index (χ2v) is 8.91. The maximum Gasteiger partial charge on any atom is 0.410 e. The van der Waals surface area contributed by atoms with Crippen molar-refractivity contribution in [1.29, 1.82) is 0 Å². The minimum absolute atomic E-state index is 0.111. The molecule has 2 saturated heterocycles. The van der Waals surface area contributed by atoms with Crippen LogP contribution in [0, 0.1) is 0 Å². The molecule has 7 heteroatoms. The minimum atomic E-state index is -0.974. The van der Waals surface area contributed by atoms with E-state index in [1.807, 2.05) is 30.3 Å². The lowest BCUT2D eigenvalue weighted by Gasteiger charge is -2.40. The summed E-state index contributed by atoms with van der Waals surface area (Å²) in [6, 6.07) is 8.70. The third-order valence-electron chi connectivity index (χ3n) is 5.83. The molecule has 2 aliphatic rings. The lowest BCUT2D eigenvalue weighted by atomic mass is 9.72. The second-order valence-electron chi connectivity index (χ2n) is 8.91. The monoisotopic (exact) mass is 402 g/mol. The van der Waals surface area contributed by atoms with Crippen LogP contribution in [0.15, 0.2) is 30.3 Å². The van der Waals surface area contributed by atoms with Crippen LogP contribution in [0.5, 0.6) is 0 Å². The first kappa shape index (κ1) is 21.1.